The Morgan fingerprint density at radius 2 is 1.16 bits per heavy atom. The van der Waals surface area contributed by atoms with Gasteiger partial charge in [-0.1, -0.05) is 71.6 Å². The molecule has 1 heterocycles. The maximum Gasteiger partial charge on any atom is 0.0146 e. The minimum Gasteiger partial charge on any atom is -0.242 e. The molecule has 0 N–H and O–H groups in total. The molecule has 0 aromatic heterocycles. The zero-order valence-electron chi connectivity index (χ0n) is 13.5. The van der Waals surface area contributed by atoms with Gasteiger partial charge in [-0.05, 0) is 12.8 Å². The predicted molar refractivity (Wildman–Crippen MR) is 85.3 cm³/mol. The molecular weight excluding hydrogens is 232 g/mol. The second-order valence-electron chi connectivity index (χ2n) is 6.04. The molecule has 0 aliphatic carbocycles. The van der Waals surface area contributed by atoms with E-state index in [1.165, 1.54) is 96.8 Å². The fourth-order valence-corrected chi connectivity index (χ4v) is 3.11. The molecule has 0 bridgehead atoms. The minimum atomic E-state index is 1.19. The first-order valence-electron chi connectivity index (χ1n) is 8.88. The third-order valence-electron chi connectivity index (χ3n) is 4.37. The lowest BCUT2D eigenvalue weighted by Gasteiger charge is -2.26. The van der Waals surface area contributed by atoms with Gasteiger partial charge in [0.05, 0.1) is 0 Å². The van der Waals surface area contributed by atoms with Crippen LogP contribution in [0.25, 0.3) is 0 Å². The Morgan fingerprint density at radius 1 is 0.632 bits per heavy atom. The SMILES string of the molecule is CCCCCCCCCCCCN1CCCN1CC. The topological polar surface area (TPSA) is 6.48 Å². The van der Waals surface area contributed by atoms with Crippen LogP contribution in [0.3, 0.4) is 0 Å². The van der Waals surface area contributed by atoms with Gasteiger partial charge in [0.1, 0.15) is 0 Å². The van der Waals surface area contributed by atoms with Gasteiger partial charge in [-0.3, -0.25) is 0 Å². The number of nitrogens with zero attached hydrogens (tertiary/aromatic N) is 2. The van der Waals surface area contributed by atoms with E-state index in [9.17, 15) is 0 Å². The summed E-state index contributed by atoms with van der Waals surface area (Å²) in [5.74, 6) is 0. The maximum absolute atomic E-state index is 2.57. The van der Waals surface area contributed by atoms with Crippen molar-refractivity contribution in [1.29, 1.82) is 0 Å². The molecule has 19 heavy (non-hydrogen) atoms. The molecule has 1 rings (SSSR count). The first kappa shape index (κ1) is 17.0. The van der Waals surface area contributed by atoms with Crippen molar-refractivity contribution >= 4 is 0 Å². The monoisotopic (exact) mass is 268 g/mol. The second-order valence-corrected chi connectivity index (χ2v) is 6.04. The molecule has 0 aromatic carbocycles. The summed E-state index contributed by atoms with van der Waals surface area (Å²) in [6.45, 7) is 9.64. The Kier molecular flexibility index (Phi) is 10.5. The lowest BCUT2D eigenvalue weighted by Crippen LogP contribution is -2.36. The average molecular weight is 268 g/mol. The molecule has 2 heteroatoms. The normalized spacial score (nSPS) is 17.4. The number of hydrazine groups is 1. The zero-order valence-corrected chi connectivity index (χ0v) is 13.5. The van der Waals surface area contributed by atoms with Crippen molar-refractivity contribution in [3.8, 4) is 0 Å². The van der Waals surface area contributed by atoms with Gasteiger partial charge >= 0.3 is 0 Å². The number of hydrogen-bond donors (Lipinski definition) is 0. The Labute approximate surface area is 121 Å². The van der Waals surface area contributed by atoms with Gasteiger partial charge in [0.2, 0.25) is 0 Å². The van der Waals surface area contributed by atoms with Crippen LogP contribution >= 0.6 is 0 Å². The summed E-state index contributed by atoms with van der Waals surface area (Å²) in [6.07, 6.45) is 15.8. The van der Waals surface area contributed by atoms with E-state index in [0.29, 0.717) is 0 Å². The van der Waals surface area contributed by atoms with Gasteiger partial charge in [-0.2, -0.15) is 0 Å². The summed E-state index contributed by atoms with van der Waals surface area (Å²) in [6, 6.07) is 0. The summed E-state index contributed by atoms with van der Waals surface area (Å²) in [5.41, 5.74) is 0. The van der Waals surface area contributed by atoms with E-state index >= 15 is 0 Å². The van der Waals surface area contributed by atoms with Gasteiger partial charge in [0.15, 0.2) is 0 Å². The lowest BCUT2D eigenvalue weighted by atomic mass is 10.1. The highest BCUT2D eigenvalue weighted by Gasteiger charge is 2.18. The van der Waals surface area contributed by atoms with Crippen molar-refractivity contribution in [3.05, 3.63) is 0 Å². The Balaban J connectivity index is 1.81. The molecule has 1 fully saturated rings. The summed E-state index contributed by atoms with van der Waals surface area (Å²) >= 11 is 0. The van der Waals surface area contributed by atoms with Crippen LogP contribution in [0.2, 0.25) is 0 Å². The summed E-state index contributed by atoms with van der Waals surface area (Å²) in [5, 5.41) is 5.10. The third-order valence-corrected chi connectivity index (χ3v) is 4.37. The highest BCUT2D eigenvalue weighted by Crippen LogP contribution is 2.13. The van der Waals surface area contributed by atoms with Crippen LogP contribution in [-0.2, 0) is 0 Å². The highest BCUT2D eigenvalue weighted by atomic mass is 15.6. The zero-order chi connectivity index (χ0) is 13.8. The highest BCUT2D eigenvalue weighted by molar-refractivity contribution is 4.65. The molecule has 0 radical (unpaired) electrons. The quantitative estimate of drug-likeness (QED) is 0.467. The molecule has 0 atom stereocenters. The Morgan fingerprint density at radius 3 is 1.74 bits per heavy atom. The minimum absolute atomic E-state index is 1.19. The van der Waals surface area contributed by atoms with Crippen molar-refractivity contribution in [2.24, 2.45) is 0 Å². The van der Waals surface area contributed by atoms with Gasteiger partial charge < -0.3 is 0 Å². The first-order valence-corrected chi connectivity index (χ1v) is 8.88. The Hall–Kier alpha value is -0.0800. The van der Waals surface area contributed by atoms with Crippen LogP contribution < -0.4 is 0 Å². The van der Waals surface area contributed by atoms with Crippen molar-refractivity contribution < 1.29 is 0 Å². The molecule has 114 valence electrons. The fraction of sp³-hybridized carbons (Fsp3) is 1.00. The first-order chi connectivity index (χ1) is 9.38. The Bertz CT molecular complexity index is 194. The smallest absolute Gasteiger partial charge is 0.0146 e. The molecule has 0 amide bonds. The van der Waals surface area contributed by atoms with Gasteiger partial charge in [-0.25, -0.2) is 10.0 Å². The fourth-order valence-electron chi connectivity index (χ4n) is 3.11. The van der Waals surface area contributed by atoms with Crippen molar-refractivity contribution in [2.75, 3.05) is 26.2 Å². The summed E-state index contributed by atoms with van der Waals surface area (Å²) in [7, 11) is 0. The predicted octanol–water partition coefficient (Wildman–Crippen LogP) is 4.85. The standard InChI is InChI=1S/C17H36N2/c1-3-5-6-7-8-9-10-11-12-13-15-19-17-14-16-18(19)4-2/h3-17H2,1-2H3. The summed E-state index contributed by atoms with van der Waals surface area (Å²) < 4.78 is 0. The van der Waals surface area contributed by atoms with Gasteiger partial charge in [-0.15, -0.1) is 0 Å². The van der Waals surface area contributed by atoms with Crippen LogP contribution in [-0.4, -0.2) is 36.2 Å². The second kappa shape index (κ2) is 11.7. The van der Waals surface area contributed by atoms with E-state index < -0.39 is 0 Å². The van der Waals surface area contributed by atoms with Crippen molar-refractivity contribution in [1.82, 2.24) is 10.0 Å². The number of rotatable bonds is 12. The van der Waals surface area contributed by atoms with E-state index in [2.05, 4.69) is 23.9 Å². The lowest BCUT2D eigenvalue weighted by molar-refractivity contribution is 0.0312. The van der Waals surface area contributed by atoms with Crippen LogP contribution in [0.15, 0.2) is 0 Å². The van der Waals surface area contributed by atoms with E-state index in [-0.39, 0.29) is 0 Å². The van der Waals surface area contributed by atoms with Crippen LogP contribution in [0.1, 0.15) is 84.5 Å². The maximum atomic E-state index is 2.57. The largest absolute Gasteiger partial charge is 0.242 e. The van der Waals surface area contributed by atoms with Crippen molar-refractivity contribution in [2.45, 2.75) is 84.5 Å². The number of hydrogen-bond acceptors (Lipinski definition) is 2. The molecule has 0 spiro atoms. The van der Waals surface area contributed by atoms with E-state index in [1.807, 2.05) is 0 Å². The summed E-state index contributed by atoms with van der Waals surface area (Å²) in [4.78, 5) is 0. The van der Waals surface area contributed by atoms with E-state index in [0.717, 1.165) is 0 Å². The molecule has 2 nitrogen and oxygen atoms in total. The average Bonchev–Trinajstić information content (AvgIpc) is 2.88. The van der Waals surface area contributed by atoms with Crippen LogP contribution in [0.4, 0.5) is 0 Å². The van der Waals surface area contributed by atoms with E-state index in [1.54, 1.807) is 0 Å². The van der Waals surface area contributed by atoms with Crippen molar-refractivity contribution in [3.63, 3.8) is 0 Å². The van der Waals surface area contributed by atoms with Crippen LogP contribution in [0, 0.1) is 0 Å². The van der Waals surface area contributed by atoms with E-state index in [4.69, 9.17) is 0 Å². The molecular formula is C17H36N2. The molecule has 1 aliphatic rings. The number of unbranched alkanes of at least 4 members (excludes halogenated alkanes) is 9. The molecule has 1 saturated heterocycles. The molecule has 0 unspecified atom stereocenters. The molecule has 0 aromatic rings. The molecule has 0 saturated carbocycles. The molecule has 1 aliphatic heterocycles. The van der Waals surface area contributed by atoms with Gasteiger partial charge in [0, 0.05) is 26.2 Å². The van der Waals surface area contributed by atoms with Crippen LogP contribution in [0.5, 0.6) is 0 Å². The van der Waals surface area contributed by atoms with Gasteiger partial charge in [0.25, 0.3) is 0 Å². The third kappa shape index (κ3) is 7.94.